The minimum absolute atomic E-state index is 0.424. The van der Waals surface area contributed by atoms with Gasteiger partial charge in [-0.2, -0.15) is 0 Å². The van der Waals surface area contributed by atoms with Crippen molar-refractivity contribution in [2.45, 2.75) is 12.3 Å². The van der Waals surface area contributed by atoms with Gasteiger partial charge < -0.3 is 14.4 Å². The summed E-state index contributed by atoms with van der Waals surface area (Å²) in [6.45, 7) is 0. The SMILES string of the molecule is C1=CCC2C(=C1)N(c1ccc(-c3ccc(-c4ccc(N(c5ccccc5)c5ccc(-c6ccc(-c7ccc(-n8c9ccccc9c9ccccc98)cc7)cc6)cc5)cc4)cc3)cc1)c1ccccc12. The highest BCUT2D eigenvalue weighted by Gasteiger charge is 2.34. The fourth-order valence-corrected chi connectivity index (χ4v) is 10.7. The average molecular weight is 882 g/mol. The molecule has 69 heavy (non-hydrogen) atoms. The predicted octanol–water partition coefficient (Wildman–Crippen LogP) is 18.0. The molecule has 1 atom stereocenters. The van der Waals surface area contributed by atoms with Gasteiger partial charge in [0.15, 0.2) is 0 Å². The van der Waals surface area contributed by atoms with Gasteiger partial charge in [0.1, 0.15) is 0 Å². The van der Waals surface area contributed by atoms with E-state index in [1.165, 1.54) is 88.9 Å². The van der Waals surface area contributed by atoms with Gasteiger partial charge in [-0.15, -0.1) is 0 Å². The minimum atomic E-state index is 0.424. The van der Waals surface area contributed by atoms with Crippen molar-refractivity contribution in [3.8, 4) is 50.2 Å². The Morgan fingerprint density at radius 2 is 0.739 bits per heavy atom. The molecule has 0 bridgehead atoms. The predicted molar refractivity (Wildman–Crippen MR) is 290 cm³/mol. The molecule has 0 N–H and O–H groups in total. The van der Waals surface area contributed by atoms with Gasteiger partial charge in [-0.05, 0) is 141 Å². The van der Waals surface area contributed by atoms with Gasteiger partial charge in [-0.1, -0.05) is 182 Å². The number of aromatic nitrogens is 1. The van der Waals surface area contributed by atoms with Gasteiger partial charge in [0.25, 0.3) is 0 Å². The number of allylic oxidation sites excluding steroid dienone is 4. The Balaban J connectivity index is 0.713. The quantitative estimate of drug-likeness (QED) is 0.143. The van der Waals surface area contributed by atoms with Crippen molar-refractivity contribution in [2.75, 3.05) is 9.80 Å². The van der Waals surface area contributed by atoms with Gasteiger partial charge in [-0.25, -0.2) is 0 Å². The van der Waals surface area contributed by atoms with Crippen molar-refractivity contribution in [2.24, 2.45) is 0 Å². The summed E-state index contributed by atoms with van der Waals surface area (Å²) in [6, 6.07) is 90.5. The largest absolute Gasteiger partial charge is 0.313 e. The van der Waals surface area contributed by atoms with Gasteiger partial charge in [-0.3, -0.25) is 0 Å². The fourth-order valence-electron chi connectivity index (χ4n) is 10.7. The molecule has 1 unspecified atom stereocenters. The molecule has 10 aromatic carbocycles. The second-order valence-corrected chi connectivity index (χ2v) is 18.1. The summed E-state index contributed by atoms with van der Waals surface area (Å²) >= 11 is 0. The maximum absolute atomic E-state index is 2.43. The third kappa shape index (κ3) is 7.24. The van der Waals surface area contributed by atoms with E-state index in [1.807, 2.05) is 0 Å². The Hall–Kier alpha value is -8.92. The van der Waals surface area contributed by atoms with Crippen LogP contribution in [-0.2, 0) is 0 Å². The monoisotopic (exact) mass is 881 g/mol. The van der Waals surface area contributed by atoms with Crippen LogP contribution in [0.2, 0.25) is 0 Å². The number of para-hydroxylation sites is 4. The molecule has 0 spiro atoms. The van der Waals surface area contributed by atoms with E-state index >= 15 is 0 Å². The van der Waals surface area contributed by atoms with E-state index in [4.69, 9.17) is 0 Å². The van der Waals surface area contributed by atoms with Crippen LogP contribution in [0.25, 0.3) is 72.0 Å². The summed E-state index contributed by atoms with van der Waals surface area (Å²) in [6.07, 6.45) is 7.80. The minimum Gasteiger partial charge on any atom is -0.313 e. The molecule has 3 nitrogen and oxygen atoms in total. The highest BCUT2D eigenvalue weighted by Crippen LogP contribution is 2.50. The summed E-state index contributed by atoms with van der Waals surface area (Å²) < 4.78 is 2.37. The Bertz CT molecular complexity index is 3640. The third-order valence-electron chi connectivity index (χ3n) is 14.1. The maximum atomic E-state index is 2.43. The first-order valence-electron chi connectivity index (χ1n) is 23.9. The summed E-state index contributed by atoms with van der Waals surface area (Å²) in [4.78, 5) is 4.76. The molecule has 0 fully saturated rings. The van der Waals surface area contributed by atoms with Crippen LogP contribution in [0.15, 0.2) is 273 Å². The number of hydrogen-bond acceptors (Lipinski definition) is 2. The molecule has 0 radical (unpaired) electrons. The maximum Gasteiger partial charge on any atom is 0.0541 e. The molecule has 2 aliphatic rings. The zero-order chi connectivity index (χ0) is 45.7. The Morgan fingerprint density at radius 3 is 1.25 bits per heavy atom. The lowest BCUT2D eigenvalue weighted by molar-refractivity contribution is 0.819. The summed E-state index contributed by atoms with van der Waals surface area (Å²) in [5, 5.41) is 2.55. The van der Waals surface area contributed by atoms with E-state index < -0.39 is 0 Å². The van der Waals surface area contributed by atoms with E-state index in [2.05, 4.69) is 281 Å². The first kappa shape index (κ1) is 40.4. The van der Waals surface area contributed by atoms with Crippen LogP contribution in [0.4, 0.5) is 28.4 Å². The lowest BCUT2D eigenvalue weighted by atomic mass is 9.92. The standard InChI is InChI=1S/C66H47N3/c1-2-12-54(13-3-1)67(55-38-30-50(31-39-55)46-22-26-48(27-23-46)52-34-42-57(43-35-52)68-63-18-8-4-14-59(63)60-15-5-9-19-64(60)68)56-40-32-51(33-41-56)47-24-28-49(29-25-47)53-36-44-58(45-37-53)69-65-20-10-6-16-61(65)62-17-7-11-21-66(62)69/h1-16,18-45,62H,17H2. The topological polar surface area (TPSA) is 11.4 Å². The van der Waals surface area contributed by atoms with Crippen LogP contribution < -0.4 is 9.80 Å². The molecule has 1 aromatic heterocycles. The molecule has 2 heterocycles. The van der Waals surface area contributed by atoms with Gasteiger partial charge in [0.2, 0.25) is 0 Å². The molecule has 11 aromatic rings. The number of benzene rings is 10. The van der Waals surface area contributed by atoms with E-state index in [0.717, 1.165) is 29.2 Å². The number of nitrogens with zero attached hydrogens (tertiary/aromatic N) is 3. The Kier molecular flexibility index (Phi) is 9.98. The Labute approximate surface area is 403 Å². The number of hydrogen-bond donors (Lipinski definition) is 0. The number of anilines is 5. The van der Waals surface area contributed by atoms with Crippen molar-refractivity contribution in [3.05, 3.63) is 278 Å². The molecular formula is C66H47N3. The van der Waals surface area contributed by atoms with Crippen molar-refractivity contribution >= 4 is 50.2 Å². The first-order chi connectivity index (χ1) is 34.2. The van der Waals surface area contributed by atoms with Gasteiger partial charge >= 0.3 is 0 Å². The van der Waals surface area contributed by atoms with Crippen LogP contribution in [0, 0.1) is 0 Å². The number of fused-ring (bicyclic) bond motifs is 6. The molecule has 13 rings (SSSR count). The highest BCUT2D eigenvalue weighted by molar-refractivity contribution is 6.09. The van der Waals surface area contributed by atoms with Crippen LogP contribution >= 0.6 is 0 Å². The lowest BCUT2D eigenvalue weighted by Gasteiger charge is -2.26. The summed E-state index contributed by atoms with van der Waals surface area (Å²) in [5.74, 6) is 0.424. The normalized spacial score (nSPS) is 13.9. The smallest absolute Gasteiger partial charge is 0.0541 e. The second kappa shape index (κ2) is 17.1. The van der Waals surface area contributed by atoms with Gasteiger partial charge in [0.05, 0.1) is 11.0 Å². The van der Waals surface area contributed by atoms with Crippen molar-refractivity contribution in [1.82, 2.24) is 4.57 Å². The molecule has 1 aliphatic carbocycles. The second-order valence-electron chi connectivity index (χ2n) is 18.1. The summed E-state index contributed by atoms with van der Waals surface area (Å²) in [5.41, 5.74) is 21.8. The number of rotatable bonds is 9. The highest BCUT2D eigenvalue weighted by atomic mass is 15.2. The fraction of sp³-hybridized carbons (Fsp3) is 0.0303. The Morgan fingerprint density at radius 1 is 0.348 bits per heavy atom. The lowest BCUT2D eigenvalue weighted by Crippen LogP contribution is -2.14. The van der Waals surface area contributed by atoms with Crippen LogP contribution in [-0.4, -0.2) is 4.57 Å². The van der Waals surface area contributed by atoms with E-state index in [-0.39, 0.29) is 0 Å². The molecule has 0 saturated carbocycles. The van der Waals surface area contributed by atoms with Gasteiger partial charge in [0, 0.05) is 56.5 Å². The zero-order valence-electron chi connectivity index (χ0n) is 38.0. The third-order valence-corrected chi connectivity index (χ3v) is 14.1. The molecule has 0 amide bonds. The molecule has 1 aliphatic heterocycles. The first-order valence-corrected chi connectivity index (χ1v) is 23.9. The zero-order valence-corrected chi connectivity index (χ0v) is 38.0. The van der Waals surface area contributed by atoms with Crippen molar-refractivity contribution in [1.29, 1.82) is 0 Å². The average Bonchev–Trinajstić information content (AvgIpc) is 3.95. The molecule has 0 saturated heterocycles. The van der Waals surface area contributed by atoms with E-state index in [1.54, 1.807) is 0 Å². The molecule has 326 valence electrons. The van der Waals surface area contributed by atoms with E-state index in [9.17, 15) is 0 Å². The van der Waals surface area contributed by atoms with Crippen LogP contribution in [0.1, 0.15) is 17.9 Å². The molecular weight excluding hydrogens is 835 g/mol. The van der Waals surface area contributed by atoms with Crippen LogP contribution in [0.5, 0.6) is 0 Å². The molecule has 3 heteroatoms. The van der Waals surface area contributed by atoms with Crippen molar-refractivity contribution in [3.63, 3.8) is 0 Å². The summed E-state index contributed by atoms with van der Waals surface area (Å²) in [7, 11) is 0. The van der Waals surface area contributed by atoms with E-state index in [0.29, 0.717) is 5.92 Å². The van der Waals surface area contributed by atoms with Crippen molar-refractivity contribution < 1.29 is 0 Å². The van der Waals surface area contributed by atoms with Crippen LogP contribution in [0.3, 0.4) is 0 Å².